The molecule has 1 aromatic carbocycles. The predicted octanol–water partition coefficient (Wildman–Crippen LogP) is 6.52. The van der Waals surface area contributed by atoms with Crippen molar-refractivity contribution < 1.29 is 8.92 Å². The highest BCUT2D eigenvalue weighted by Crippen LogP contribution is 2.54. The number of pyridine rings is 2. The lowest BCUT2D eigenvalue weighted by Crippen LogP contribution is -2.25. The number of fused-ring (bicyclic) bond motifs is 1. The molecule has 0 aliphatic rings. The Bertz CT molecular complexity index is 1210. The van der Waals surface area contributed by atoms with Crippen LogP contribution < -0.4 is 4.74 Å². The maximum Gasteiger partial charge on any atom is 0.216 e. The molecule has 0 aliphatic carbocycles. The van der Waals surface area contributed by atoms with E-state index in [4.69, 9.17) is 18.9 Å². The summed E-state index contributed by atoms with van der Waals surface area (Å²) in [5.74, 6) is 0.639. The monoisotopic (exact) mass is 479 g/mol. The van der Waals surface area contributed by atoms with Crippen LogP contribution in [-0.4, -0.2) is 34.3 Å². The average Bonchev–Trinajstić information content (AvgIpc) is 2.80. The van der Waals surface area contributed by atoms with E-state index in [0.29, 0.717) is 18.9 Å². The lowest BCUT2D eigenvalue weighted by molar-refractivity contribution is 0.333. The minimum Gasteiger partial charge on any atom is -0.481 e. The number of nitriles is 1. The molecule has 0 saturated carbocycles. The molecule has 2 aromatic heterocycles. The van der Waals surface area contributed by atoms with Crippen molar-refractivity contribution in [1.29, 1.82) is 5.26 Å². The first-order chi connectivity index (χ1) is 15.9. The fourth-order valence-electron chi connectivity index (χ4n) is 3.63. The molecule has 0 bridgehead atoms. The second-order valence-electron chi connectivity index (χ2n) is 10.3. The van der Waals surface area contributed by atoms with E-state index in [1.807, 2.05) is 43.3 Å². The van der Waals surface area contributed by atoms with E-state index >= 15 is 0 Å². The van der Waals surface area contributed by atoms with Crippen LogP contribution in [0.2, 0.25) is 0 Å². The van der Waals surface area contributed by atoms with Crippen molar-refractivity contribution in [2.75, 3.05) is 19.6 Å². The van der Waals surface area contributed by atoms with Gasteiger partial charge >= 0.3 is 0 Å². The van der Waals surface area contributed by atoms with Gasteiger partial charge in [-0.05, 0) is 55.7 Å². The summed E-state index contributed by atoms with van der Waals surface area (Å²) in [6, 6.07) is 16.7. The van der Waals surface area contributed by atoms with Gasteiger partial charge in [-0.2, -0.15) is 5.26 Å². The molecule has 34 heavy (non-hydrogen) atoms. The summed E-state index contributed by atoms with van der Waals surface area (Å²) >= 11 is 0. The smallest absolute Gasteiger partial charge is 0.216 e. The molecule has 0 saturated heterocycles. The maximum absolute atomic E-state index is 10.2. The molecule has 0 aliphatic heterocycles. The highest BCUT2D eigenvalue weighted by molar-refractivity contribution is 8.29. The molecule has 3 rings (SSSR count). The van der Waals surface area contributed by atoms with Gasteiger partial charge in [-0.15, -0.1) is 10.3 Å². The number of aromatic nitrogens is 2. The van der Waals surface area contributed by atoms with Crippen molar-refractivity contribution in [2.24, 2.45) is 0 Å². The number of rotatable bonds is 8. The van der Waals surface area contributed by atoms with Gasteiger partial charge in [0.15, 0.2) is 0 Å². The molecule has 0 fully saturated rings. The van der Waals surface area contributed by atoms with Crippen LogP contribution in [0.4, 0.5) is 0 Å². The fraction of sp³-hybridized carbons (Fsp3) is 0.464. The van der Waals surface area contributed by atoms with Gasteiger partial charge in [-0.1, -0.05) is 45.9 Å². The summed E-state index contributed by atoms with van der Waals surface area (Å²) < 4.78 is 11.9. The van der Waals surface area contributed by atoms with Crippen LogP contribution in [0.5, 0.6) is 5.88 Å². The lowest BCUT2D eigenvalue weighted by Gasteiger charge is -2.43. The van der Waals surface area contributed by atoms with Gasteiger partial charge in [0.1, 0.15) is 6.61 Å². The maximum atomic E-state index is 10.2. The molecule has 0 radical (unpaired) electrons. The number of nitrogens with zero attached hydrogens (tertiary/aromatic N) is 3. The Balaban J connectivity index is 1.87. The van der Waals surface area contributed by atoms with Crippen LogP contribution in [0.3, 0.4) is 0 Å². The summed E-state index contributed by atoms with van der Waals surface area (Å²) in [6.07, 6.45) is 5.73. The van der Waals surface area contributed by atoms with Crippen molar-refractivity contribution in [3.05, 3.63) is 65.0 Å². The predicted molar refractivity (Wildman–Crippen MR) is 143 cm³/mol. The molecular weight excluding hydrogens is 442 g/mol. The summed E-state index contributed by atoms with van der Waals surface area (Å²) in [7, 11) is 0.409. The topological polar surface area (TPSA) is 68.0 Å². The molecule has 1 atom stereocenters. The zero-order chi connectivity index (χ0) is 25.1. The van der Waals surface area contributed by atoms with Crippen molar-refractivity contribution in [3.63, 3.8) is 0 Å². The fourth-order valence-corrected chi connectivity index (χ4v) is 4.40. The van der Waals surface area contributed by atoms with E-state index < -0.39 is 15.7 Å². The Labute approximate surface area is 206 Å². The Morgan fingerprint density at radius 1 is 1.00 bits per heavy atom. The summed E-state index contributed by atoms with van der Waals surface area (Å²) in [5.41, 5.74) is 3.85. The van der Waals surface area contributed by atoms with E-state index in [9.17, 15) is 5.26 Å². The number of ether oxygens (including phenoxy) is 1. The van der Waals surface area contributed by atoms with Crippen molar-refractivity contribution >= 4 is 21.2 Å². The molecule has 3 aromatic rings. The molecule has 0 N–H and O–H groups in total. The normalized spacial score (nSPS) is 14.4. The second kappa shape index (κ2) is 9.93. The Hall–Kier alpha value is -2.62. The Morgan fingerprint density at radius 3 is 2.32 bits per heavy atom. The lowest BCUT2D eigenvalue weighted by atomic mass is 9.79. The number of aryl methyl sites for hydroxylation is 1. The first-order valence-electron chi connectivity index (χ1n) is 11.6. The molecule has 6 heteroatoms. The highest BCUT2D eigenvalue weighted by Gasteiger charge is 2.30. The average molecular weight is 480 g/mol. The molecule has 5 nitrogen and oxygen atoms in total. The molecular formula is C28H37N3O2S. The molecule has 0 spiro atoms. The van der Waals surface area contributed by atoms with Crippen molar-refractivity contribution in [2.45, 2.75) is 64.2 Å². The van der Waals surface area contributed by atoms with Gasteiger partial charge in [0, 0.05) is 27.8 Å². The number of methoxy groups -OCH3 is 1. The third kappa shape index (κ3) is 5.54. The first-order valence-corrected chi connectivity index (χ1v) is 14.0. The van der Waals surface area contributed by atoms with Gasteiger partial charge in [0.2, 0.25) is 5.88 Å². The largest absolute Gasteiger partial charge is 0.481 e. The number of hydrogen-bond donors (Lipinski definition) is 0. The van der Waals surface area contributed by atoms with Gasteiger partial charge in [-0.25, -0.2) is 4.98 Å². The molecule has 2 heterocycles. The third-order valence-electron chi connectivity index (χ3n) is 6.69. The van der Waals surface area contributed by atoms with Gasteiger partial charge in [-0.3, -0.25) is 4.98 Å². The van der Waals surface area contributed by atoms with Crippen LogP contribution in [0.1, 0.15) is 57.1 Å². The SMILES string of the molecule is CCc1cc2ccc(C(C)(C#N)Cc3cccc(COS(C)(C)C(C)(C)C)n3)cc2nc1OC. The number of hydrogen-bond acceptors (Lipinski definition) is 5. The molecule has 1 unspecified atom stereocenters. The minimum atomic E-state index is -1.23. The quantitative estimate of drug-likeness (QED) is 0.368. The first kappa shape index (κ1) is 26.0. The summed E-state index contributed by atoms with van der Waals surface area (Å²) in [4.78, 5) is 9.53. The Morgan fingerprint density at radius 2 is 1.71 bits per heavy atom. The van der Waals surface area contributed by atoms with E-state index in [1.165, 1.54) is 0 Å². The van der Waals surface area contributed by atoms with Crippen LogP contribution in [-0.2, 0) is 29.0 Å². The number of benzene rings is 1. The van der Waals surface area contributed by atoms with E-state index in [2.05, 4.69) is 52.3 Å². The van der Waals surface area contributed by atoms with E-state index in [1.54, 1.807) is 7.11 Å². The second-order valence-corrected chi connectivity index (χ2v) is 14.2. The van der Waals surface area contributed by atoms with Crippen LogP contribution in [0.15, 0.2) is 42.5 Å². The summed E-state index contributed by atoms with van der Waals surface area (Å²) in [5, 5.41) is 11.2. The van der Waals surface area contributed by atoms with E-state index in [0.717, 1.165) is 39.8 Å². The van der Waals surface area contributed by atoms with Gasteiger partial charge < -0.3 is 8.92 Å². The third-order valence-corrected chi connectivity index (χ3v) is 10.3. The van der Waals surface area contributed by atoms with Crippen molar-refractivity contribution in [3.8, 4) is 11.9 Å². The van der Waals surface area contributed by atoms with Crippen LogP contribution in [0.25, 0.3) is 10.9 Å². The van der Waals surface area contributed by atoms with Crippen LogP contribution >= 0.6 is 10.3 Å². The zero-order valence-electron chi connectivity index (χ0n) is 21.7. The molecule has 0 amide bonds. The van der Waals surface area contributed by atoms with Crippen LogP contribution in [0, 0.1) is 11.3 Å². The zero-order valence-corrected chi connectivity index (χ0v) is 22.5. The van der Waals surface area contributed by atoms with Crippen molar-refractivity contribution in [1.82, 2.24) is 9.97 Å². The Kier molecular flexibility index (Phi) is 7.59. The highest BCUT2D eigenvalue weighted by atomic mass is 32.3. The summed E-state index contributed by atoms with van der Waals surface area (Å²) in [6.45, 7) is 11.1. The standard InChI is InChI=1S/C28H37N3O2S/c1-9-20-15-21-13-14-22(16-25(21)31-26(20)32-6)28(5,19-29)17-23-11-10-12-24(30-23)18-33-34(7,8)27(2,3)4/h10-16H,9,17-18H2,1-8H3. The minimum absolute atomic E-state index is 0.0919. The van der Waals surface area contributed by atoms with Gasteiger partial charge in [0.05, 0.1) is 29.8 Å². The van der Waals surface area contributed by atoms with Gasteiger partial charge in [0.25, 0.3) is 0 Å². The van der Waals surface area contributed by atoms with E-state index in [-0.39, 0.29) is 4.75 Å². The molecule has 182 valence electrons.